The third kappa shape index (κ3) is 4.18. The van der Waals surface area contributed by atoms with Crippen molar-refractivity contribution in [3.63, 3.8) is 0 Å². The number of rotatable bonds is 7. The molecule has 0 aromatic carbocycles. The molecule has 1 aromatic rings. The highest BCUT2D eigenvalue weighted by molar-refractivity contribution is 5.47. The quantitative estimate of drug-likeness (QED) is 0.830. The SMILES string of the molecule is COCC1CCN(c2ncccc2CNCC(C)C)C1. The minimum absolute atomic E-state index is 0.637. The Balaban J connectivity index is 1.97. The first-order chi connectivity index (χ1) is 9.70. The fourth-order valence-electron chi connectivity index (χ4n) is 2.75. The van der Waals surface area contributed by atoms with Crippen molar-refractivity contribution in [3.8, 4) is 0 Å². The lowest BCUT2D eigenvalue weighted by atomic mass is 10.1. The largest absolute Gasteiger partial charge is 0.384 e. The van der Waals surface area contributed by atoms with E-state index in [9.17, 15) is 0 Å². The molecule has 0 saturated carbocycles. The molecule has 0 spiro atoms. The van der Waals surface area contributed by atoms with Crippen molar-refractivity contribution in [1.82, 2.24) is 10.3 Å². The van der Waals surface area contributed by atoms with Crippen LogP contribution in [0.2, 0.25) is 0 Å². The molecule has 1 atom stereocenters. The number of hydrogen-bond acceptors (Lipinski definition) is 4. The summed E-state index contributed by atoms with van der Waals surface area (Å²) >= 11 is 0. The zero-order valence-corrected chi connectivity index (χ0v) is 12.9. The molecule has 112 valence electrons. The second-order valence-corrected chi connectivity index (χ2v) is 6.07. The zero-order chi connectivity index (χ0) is 14.4. The van der Waals surface area contributed by atoms with Gasteiger partial charge in [0, 0.05) is 44.4 Å². The van der Waals surface area contributed by atoms with Crippen LogP contribution in [0.3, 0.4) is 0 Å². The number of aromatic nitrogens is 1. The van der Waals surface area contributed by atoms with Gasteiger partial charge in [-0.25, -0.2) is 4.98 Å². The monoisotopic (exact) mass is 277 g/mol. The molecule has 4 heteroatoms. The third-order valence-electron chi connectivity index (χ3n) is 3.72. The van der Waals surface area contributed by atoms with Gasteiger partial charge in [0.25, 0.3) is 0 Å². The van der Waals surface area contributed by atoms with E-state index in [1.54, 1.807) is 7.11 Å². The average molecular weight is 277 g/mol. The number of nitrogens with zero attached hydrogens (tertiary/aromatic N) is 2. The van der Waals surface area contributed by atoms with Crippen LogP contribution in [0.1, 0.15) is 25.8 Å². The first-order valence-corrected chi connectivity index (χ1v) is 7.59. The number of hydrogen-bond donors (Lipinski definition) is 1. The van der Waals surface area contributed by atoms with Crippen LogP contribution in [0, 0.1) is 11.8 Å². The fraction of sp³-hybridized carbons (Fsp3) is 0.688. The van der Waals surface area contributed by atoms with Crippen LogP contribution in [0.4, 0.5) is 5.82 Å². The Labute approximate surface area is 122 Å². The van der Waals surface area contributed by atoms with Gasteiger partial charge in [-0.2, -0.15) is 0 Å². The summed E-state index contributed by atoms with van der Waals surface area (Å²) in [6, 6.07) is 4.21. The summed E-state index contributed by atoms with van der Waals surface area (Å²) in [6.45, 7) is 9.39. The van der Waals surface area contributed by atoms with Crippen LogP contribution in [-0.2, 0) is 11.3 Å². The topological polar surface area (TPSA) is 37.4 Å². The molecule has 2 rings (SSSR count). The van der Waals surface area contributed by atoms with E-state index in [0.717, 1.165) is 38.6 Å². The highest BCUT2D eigenvalue weighted by Gasteiger charge is 2.24. The molecule has 1 saturated heterocycles. The molecule has 0 aliphatic carbocycles. The van der Waals surface area contributed by atoms with Crippen LogP contribution >= 0.6 is 0 Å². The lowest BCUT2D eigenvalue weighted by molar-refractivity contribution is 0.161. The highest BCUT2D eigenvalue weighted by Crippen LogP contribution is 2.25. The first-order valence-electron chi connectivity index (χ1n) is 7.59. The molecule has 0 radical (unpaired) electrons. The third-order valence-corrected chi connectivity index (χ3v) is 3.72. The lowest BCUT2D eigenvalue weighted by Crippen LogP contribution is -2.25. The van der Waals surface area contributed by atoms with E-state index in [0.29, 0.717) is 11.8 Å². The number of methoxy groups -OCH3 is 1. The summed E-state index contributed by atoms with van der Waals surface area (Å²) < 4.78 is 5.27. The Morgan fingerprint density at radius 3 is 3.10 bits per heavy atom. The molecule has 1 aliphatic rings. The van der Waals surface area contributed by atoms with Crippen LogP contribution in [0.15, 0.2) is 18.3 Å². The van der Waals surface area contributed by atoms with E-state index in [-0.39, 0.29) is 0 Å². The van der Waals surface area contributed by atoms with Crippen molar-refractivity contribution < 1.29 is 4.74 Å². The predicted octanol–water partition coefficient (Wildman–Crippen LogP) is 2.30. The van der Waals surface area contributed by atoms with Crippen molar-refractivity contribution in [1.29, 1.82) is 0 Å². The predicted molar refractivity (Wildman–Crippen MR) is 83.0 cm³/mol. The maximum Gasteiger partial charge on any atom is 0.133 e. The van der Waals surface area contributed by atoms with Gasteiger partial charge >= 0.3 is 0 Å². The number of anilines is 1. The van der Waals surface area contributed by atoms with Gasteiger partial charge in [0.05, 0.1) is 6.61 Å². The summed E-state index contributed by atoms with van der Waals surface area (Å²) in [7, 11) is 1.78. The molecule has 4 nitrogen and oxygen atoms in total. The van der Waals surface area contributed by atoms with E-state index in [1.807, 2.05) is 12.3 Å². The van der Waals surface area contributed by atoms with Gasteiger partial charge in [-0.15, -0.1) is 0 Å². The van der Waals surface area contributed by atoms with Crippen molar-refractivity contribution in [2.24, 2.45) is 11.8 Å². The fourth-order valence-corrected chi connectivity index (χ4v) is 2.75. The highest BCUT2D eigenvalue weighted by atomic mass is 16.5. The maximum absolute atomic E-state index is 5.27. The van der Waals surface area contributed by atoms with E-state index >= 15 is 0 Å². The first kappa shape index (κ1) is 15.3. The van der Waals surface area contributed by atoms with Gasteiger partial charge in [-0.3, -0.25) is 0 Å². The number of ether oxygens (including phenoxy) is 1. The van der Waals surface area contributed by atoms with Gasteiger partial charge in [0.2, 0.25) is 0 Å². The standard InChI is InChI=1S/C16H27N3O/c1-13(2)9-17-10-15-5-4-7-18-16(15)19-8-6-14(11-19)12-20-3/h4-5,7,13-14,17H,6,8-12H2,1-3H3. The average Bonchev–Trinajstić information content (AvgIpc) is 2.88. The Hall–Kier alpha value is -1.13. The normalized spacial score (nSPS) is 19.0. The van der Waals surface area contributed by atoms with Gasteiger partial charge < -0.3 is 15.0 Å². The molecule has 2 heterocycles. The summed E-state index contributed by atoms with van der Waals surface area (Å²) in [5.74, 6) is 2.45. The Kier molecular flexibility index (Phi) is 5.80. The molecule has 0 amide bonds. The molecule has 1 fully saturated rings. The summed E-state index contributed by atoms with van der Waals surface area (Å²) in [4.78, 5) is 7.00. The summed E-state index contributed by atoms with van der Waals surface area (Å²) in [5.41, 5.74) is 1.30. The molecule has 1 aliphatic heterocycles. The van der Waals surface area contributed by atoms with E-state index in [2.05, 4.69) is 35.1 Å². The molecular formula is C16H27N3O. The van der Waals surface area contributed by atoms with Gasteiger partial charge in [0.1, 0.15) is 5.82 Å². The van der Waals surface area contributed by atoms with Crippen LogP contribution in [-0.4, -0.2) is 38.3 Å². The molecule has 1 N–H and O–H groups in total. The van der Waals surface area contributed by atoms with Crippen LogP contribution in [0.5, 0.6) is 0 Å². The van der Waals surface area contributed by atoms with E-state index in [1.165, 1.54) is 12.0 Å². The van der Waals surface area contributed by atoms with Crippen molar-refractivity contribution in [3.05, 3.63) is 23.9 Å². The molecule has 0 bridgehead atoms. The van der Waals surface area contributed by atoms with Crippen molar-refractivity contribution in [2.45, 2.75) is 26.8 Å². The zero-order valence-electron chi connectivity index (χ0n) is 12.9. The van der Waals surface area contributed by atoms with Crippen LogP contribution in [0.25, 0.3) is 0 Å². The molecular weight excluding hydrogens is 250 g/mol. The Morgan fingerprint density at radius 2 is 2.35 bits per heavy atom. The molecule has 1 unspecified atom stereocenters. The van der Waals surface area contributed by atoms with Crippen molar-refractivity contribution >= 4 is 5.82 Å². The summed E-state index contributed by atoms with van der Waals surface area (Å²) in [6.07, 6.45) is 3.09. The second kappa shape index (κ2) is 7.60. The Bertz CT molecular complexity index is 408. The minimum Gasteiger partial charge on any atom is -0.384 e. The number of pyridine rings is 1. The minimum atomic E-state index is 0.637. The second-order valence-electron chi connectivity index (χ2n) is 6.07. The van der Waals surface area contributed by atoms with Gasteiger partial charge in [-0.05, 0) is 24.9 Å². The van der Waals surface area contributed by atoms with Crippen LogP contribution < -0.4 is 10.2 Å². The summed E-state index contributed by atoms with van der Waals surface area (Å²) in [5, 5.41) is 3.51. The van der Waals surface area contributed by atoms with Gasteiger partial charge in [-0.1, -0.05) is 19.9 Å². The molecule has 1 aromatic heterocycles. The van der Waals surface area contributed by atoms with Gasteiger partial charge in [0.15, 0.2) is 0 Å². The number of nitrogens with one attached hydrogen (secondary N) is 1. The molecule has 20 heavy (non-hydrogen) atoms. The van der Waals surface area contributed by atoms with Crippen molar-refractivity contribution in [2.75, 3.05) is 38.3 Å². The maximum atomic E-state index is 5.27. The van der Waals surface area contributed by atoms with E-state index in [4.69, 9.17) is 4.74 Å². The lowest BCUT2D eigenvalue weighted by Gasteiger charge is -2.21. The Morgan fingerprint density at radius 1 is 1.50 bits per heavy atom. The smallest absolute Gasteiger partial charge is 0.133 e. The van der Waals surface area contributed by atoms with E-state index < -0.39 is 0 Å².